The first-order valence-corrected chi connectivity index (χ1v) is 22.3. The van der Waals surface area contributed by atoms with E-state index in [9.17, 15) is 14.4 Å². The number of hydrogen-bond donors (Lipinski definition) is 3. The molecule has 9 rings (SSSR count). The number of hydrogen-bond acceptors (Lipinski definition) is 7. The van der Waals surface area contributed by atoms with Crippen LogP contribution in [0.2, 0.25) is 0 Å². The summed E-state index contributed by atoms with van der Waals surface area (Å²) in [7, 11) is 1.30. The third-order valence-corrected chi connectivity index (χ3v) is 13.3. The van der Waals surface area contributed by atoms with E-state index < -0.39 is 12.1 Å². The van der Waals surface area contributed by atoms with Gasteiger partial charge in [0.05, 0.1) is 55.0 Å². The lowest BCUT2D eigenvalue weighted by atomic mass is 9.93. The van der Waals surface area contributed by atoms with Gasteiger partial charge in [-0.05, 0) is 85.0 Å². The quantitative estimate of drug-likeness (QED) is 0.132. The molecular weight excluding hydrogens is 779 g/mol. The molecule has 0 radical (unpaired) electrons. The van der Waals surface area contributed by atoms with Gasteiger partial charge in [0.2, 0.25) is 11.8 Å². The standard InChI is InChI=1S/C50H57N7O5/c1-32(2)43(55-49(60)61-3)48(59)56-26-11-15-41(56)45-51-29-39(52-45)36-20-16-33(17-21-36)34-18-22-37(23-19-34)44-40-30-62-27-10-5-4-9-14-38(35-12-7-6-8-13-35)47(58)57-31-50(24-25-50)28-42(57)46(53-40)54-44/h4,6-9,12-13,16-23,29,32,38,41-43H,5,10-11,14-15,24-28,30-31H2,1-3H3,(H,51,52)(H,53,54)(H,55,60)/b9-4+/t38-,41+,42+,43+/m1/s1. The Labute approximate surface area is 363 Å². The summed E-state index contributed by atoms with van der Waals surface area (Å²) in [4.78, 5) is 61.3. The van der Waals surface area contributed by atoms with Crippen molar-refractivity contribution in [2.45, 2.75) is 95.9 Å². The number of amides is 3. The molecule has 12 nitrogen and oxygen atoms in total. The van der Waals surface area contributed by atoms with Crippen LogP contribution in [0.4, 0.5) is 4.79 Å². The van der Waals surface area contributed by atoms with E-state index in [1.165, 1.54) is 7.11 Å². The number of aromatic amines is 2. The maximum absolute atomic E-state index is 14.6. The largest absolute Gasteiger partial charge is 0.453 e. The van der Waals surface area contributed by atoms with Crippen molar-refractivity contribution in [3.63, 3.8) is 0 Å². The number of likely N-dealkylation sites (tertiary alicyclic amines) is 1. The van der Waals surface area contributed by atoms with Crippen LogP contribution in [-0.2, 0) is 25.7 Å². The van der Waals surface area contributed by atoms with Crippen molar-refractivity contribution < 1.29 is 23.9 Å². The highest BCUT2D eigenvalue weighted by molar-refractivity contribution is 5.87. The highest BCUT2D eigenvalue weighted by Gasteiger charge is 2.55. The molecule has 2 aromatic heterocycles. The number of carbonyl (C=O) groups is 3. The first-order valence-electron chi connectivity index (χ1n) is 22.3. The summed E-state index contributed by atoms with van der Waals surface area (Å²) in [6, 6.07) is 26.1. The number of rotatable bonds is 8. The summed E-state index contributed by atoms with van der Waals surface area (Å²) in [6.07, 6.45) is 12.9. The molecule has 3 N–H and O–H groups in total. The molecule has 1 aliphatic carbocycles. The fraction of sp³-hybridized carbons (Fsp3) is 0.420. The van der Waals surface area contributed by atoms with Gasteiger partial charge < -0.3 is 34.6 Å². The number of alkyl carbamates (subject to hydrolysis) is 1. The van der Waals surface area contributed by atoms with Gasteiger partial charge in [0, 0.05) is 25.3 Å². The second-order valence-corrected chi connectivity index (χ2v) is 17.9. The number of H-pyrrole nitrogens is 2. The summed E-state index contributed by atoms with van der Waals surface area (Å²) in [6.45, 7) is 6.26. The van der Waals surface area contributed by atoms with Crippen LogP contribution in [0.25, 0.3) is 33.6 Å². The number of carbonyl (C=O) groups excluding carboxylic acids is 3. The predicted octanol–water partition coefficient (Wildman–Crippen LogP) is 9.27. The molecule has 2 bridgehead atoms. The van der Waals surface area contributed by atoms with Crippen molar-refractivity contribution in [3.05, 3.63) is 120 Å². The average molecular weight is 836 g/mol. The van der Waals surface area contributed by atoms with Gasteiger partial charge in [0.15, 0.2) is 0 Å². The number of ether oxygens (including phenoxy) is 2. The summed E-state index contributed by atoms with van der Waals surface area (Å²) in [5, 5.41) is 2.71. The van der Waals surface area contributed by atoms with Crippen LogP contribution in [0.15, 0.2) is 97.2 Å². The third-order valence-electron chi connectivity index (χ3n) is 13.3. The average Bonchev–Trinajstić information content (AvgIpc) is 3.78. The van der Waals surface area contributed by atoms with Crippen LogP contribution in [0.3, 0.4) is 0 Å². The first kappa shape index (κ1) is 41.3. The molecule has 2 saturated heterocycles. The smallest absolute Gasteiger partial charge is 0.407 e. The van der Waals surface area contributed by atoms with E-state index in [2.05, 4.69) is 93.0 Å². The number of nitrogens with zero attached hydrogens (tertiary/aromatic N) is 4. The normalized spacial score (nSPS) is 22.2. The first-order chi connectivity index (χ1) is 30.2. The van der Waals surface area contributed by atoms with Crippen LogP contribution in [0.5, 0.6) is 0 Å². The van der Waals surface area contributed by atoms with Crippen molar-refractivity contribution >= 4 is 17.9 Å². The Morgan fingerprint density at radius 1 is 0.887 bits per heavy atom. The van der Waals surface area contributed by atoms with Gasteiger partial charge in [-0.25, -0.2) is 14.8 Å². The fourth-order valence-electron chi connectivity index (χ4n) is 9.60. The predicted molar refractivity (Wildman–Crippen MR) is 237 cm³/mol. The number of methoxy groups -OCH3 is 1. The second kappa shape index (κ2) is 17.8. The van der Waals surface area contributed by atoms with Crippen LogP contribution in [0.1, 0.15) is 106 Å². The number of benzene rings is 3. The molecule has 62 heavy (non-hydrogen) atoms. The van der Waals surface area contributed by atoms with Crippen molar-refractivity contribution in [2.24, 2.45) is 11.3 Å². The highest BCUT2D eigenvalue weighted by Crippen LogP contribution is 2.59. The zero-order valence-corrected chi connectivity index (χ0v) is 35.9. The summed E-state index contributed by atoms with van der Waals surface area (Å²) >= 11 is 0. The highest BCUT2D eigenvalue weighted by atomic mass is 16.5. The molecule has 5 heterocycles. The fourth-order valence-corrected chi connectivity index (χ4v) is 9.60. The Hall–Kier alpha value is -6.01. The monoisotopic (exact) mass is 835 g/mol. The number of nitrogens with one attached hydrogen (secondary N) is 3. The Balaban J connectivity index is 0.928. The summed E-state index contributed by atoms with van der Waals surface area (Å²) in [5.41, 5.74) is 8.08. The van der Waals surface area contributed by atoms with E-state index in [0.29, 0.717) is 26.2 Å². The molecule has 0 unspecified atom stereocenters. The van der Waals surface area contributed by atoms with E-state index in [1.54, 1.807) is 0 Å². The number of allylic oxidation sites excluding steroid dienone is 2. The molecule has 322 valence electrons. The minimum absolute atomic E-state index is 0.101. The molecule has 1 spiro atoms. The molecule has 3 fully saturated rings. The van der Waals surface area contributed by atoms with Gasteiger partial charge in [-0.1, -0.05) is 105 Å². The Bertz CT molecular complexity index is 2400. The maximum Gasteiger partial charge on any atom is 0.407 e. The van der Waals surface area contributed by atoms with E-state index >= 15 is 0 Å². The molecular formula is C50H57N7O5. The van der Waals surface area contributed by atoms with E-state index in [4.69, 9.17) is 19.4 Å². The number of fused-ring (bicyclic) bond motifs is 4. The Kier molecular flexibility index (Phi) is 11.8. The lowest BCUT2D eigenvalue weighted by molar-refractivity contribution is -0.135. The topological polar surface area (TPSA) is 146 Å². The van der Waals surface area contributed by atoms with Crippen LogP contribution < -0.4 is 5.32 Å². The van der Waals surface area contributed by atoms with E-state index in [-0.39, 0.29) is 41.1 Å². The second-order valence-electron chi connectivity index (χ2n) is 17.9. The number of aromatic nitrogens is 4. The van der Waals surface area contributed by atoms with Crippen molar-refractivity contribution in [1.29, 1.82) is 0 Å². The zero-order chi connectivity index (χ0) is 42.8. The van der Waals surface area contributed by atoms with Gasteiger partial charge in [0.1, 0.15) is 17.7 Å². The molecule has 5 aromatic rings. The summed E-state index contributed by atoms with van der Waals surface area (Å²) < 4.78 is 11.0. The Morgan fingerprint density at radius 2 is 1.61 bits per heavy atom. The van der Waals surface area contributed by atoms with Crippen LogP contribution >= 0.6 is 0 Å². The van der Waals surface area contributed by atoms with Crippen molar-refractivity contribution in [2.75, 3.05) is 26.8 Å². The molecule has 3 aromatic carbocycles. The SMILES string of the molecule is COC(=O)N[C@H](C(=O)N1CCC[C@H]1c1ncc(-c2ccc(-c3ccc(-c4nc5[nH]c4COCCC/C=C/C[C@H](c4ccccc4)C(=O)N4CC6(CC6)C[C@@H]54)cc3)cc2)[nH]1)C(C)C. The molecule has 3 aliphatic heterocycles. The molecule has 1 saturated carbocycles. The van der Waals surface area contributed by atoms with Crippen molar-refractivity contribution in [3.8, 4) is 33.6 Å². The lowest BCUT2D eigenvalue weighted by Crippen LogP contribution is -2.51. The van der Waals surface area contributed by atoms with Crippen molar-refractivity contribution in [1.82, 2.24) is 35.1 Å². The van der Waals surface area contributed by atoms with Gasteiger partial charge in [-0.2, -0.15) is 0 Å². The minimum atomic E-state index is -0.684. The van der Waals surface area contributed by atoms with E-state index in [1.807, 2.05) is 43.1 Å². The van der Waals surface area contributed by atoms with Gasteiger partial charge in [-0.15, -0.1) is 0 Å². The van der Waals surface area contributed by atoms with Crippen LogP contribution in [0, 0.1) is 11.3 Å². The lowest BCUT2D eigenvalue weighted by Gasteiger charge is -2.30. The molecule has 4 aliphatic rings. The van der Waals surface area contributed by atoms with Gasteiger partial charge in [0.25, 0.3) is 0 Å². The minimum Gasteiger partial charge on any atom is -0.453 e. The zero-order valence-electron chi connectivity index (χ0n) is 35.9. The van der Waals surface area contributed by atoms with Crippen LogP contribution in [-0.4, -0.2) is 80.5 Å². The molecule has 3 amide bonds. The molecule has 4 atom stereocenters. The Morgan fingerprint density at radius 3 is 2.32 bits per heavy atom. The van der Waals surface area contributed by atoms with Gasteiger partial charge >= 0.3 is 6.09 Å². The van der Waals surface area contributed by atoms with Gasteiger partial charge in [-0.3, -0.25) is 9.59 Å². The maximum atomic E-state index is 14.6. The molecule has 12 heteroatoms. The third kappa shape index (κ3) is 8.57. The summed E-state index contributed by atoms with van der Waals surface area (Å²) in [5.74, 6) is 1.29. The number of imidazole rings is 2. The van der Waals surface area contributed by atoms with E-state index in [0.717, 1.165) is 108 Å².